The molecule has 2 fully saturated rings. The average molecular weight is 1370 g/mol. The van der Waals surface area contributed by atoms with Crippen LogP contribution >= 0.6 is 0 Å². The number of nitrogens with one attached hydrogen (secondary N) is 10. The summed E-state index contributed by atoms with van der Waals surface area (Å²) in [6.45, 7) is 10.6. The lowest BCUT2D eigenvalue weighted by atomic mass is 10.00. The molecule has 14 amide bonds. The number of carboxylic acid groups (broad SMARTS) is 1. The van der Waals surface area contributed by atoms with E-state index in [1.165, 1.54) is 9.80 Å². The van der Waals surface area contributed by atoms with E-state index in [2.05, 4.69) is 58.2 Å². The predicted octanol–water partition coefficient (Wildman–Crippen LogP) is -8.03. The Labute approximate surface area is 556 Å². The van der Waals surface area contributed by atoms with Crippen molar-refractivity contribution in [2.24, 2.45) is 51.4 Å². The summed E-state index contributed by atoms with van der Waals surface area (Å²) < 4.78 is 0. The number of aliphatic hydroxyl groups excluding tert-OH is 3. The number of hydrogen-bond donors (Lipinski definition) is 19. The zero-order valence-corrected chi connectivity index (χ0v) is 55.8. The topological polar surface area (TPSA) is 606 Å². The Hall–Kier alpha value is -8.84. The van der Waals surface area contributed by atoms with Crippen LogP contribution in [-0.2, 0) is 71.9 Å². The van der Waals surface area contributed by atoms with E-state index in [4.69, 9.17) is 28.7 Å². The summed E-state index contributed by atoms with van der Waals surface area (Å²) in [7, 11) is 0. The van der Waals surface area contributed by atoms with Gasteiger partial charge in [-0.2, -0.15) is 0 Å². The van der Waals surface area contributed by atoms with Crippen molar-refractivity contribution < 1.29 is 92.3 Å². The van der Waals surface area contributed by atoms with Gasteiger partial charge in [-0.1, -0.05) is 41.5 Å². The highest BCUT2D eigenvalue weighted by Gasteiger charge is 2.45. The van der Waals surface area contributed by atoms with Crippen LogP contribution in [0.3, 0.4) is 0 Å². The van der Waals surface area contributed by atoms with E-state index in [1.807, 2.05) is 0 Å². The van der Waals surface area contributed by atoms with E-state index in [-0.39, 0.29) is 94.7 Å². The summed E-state index contributed by atoms with van der Waals surface area (Å²) in [6.07, 6.45) is -3.95. The van der Waals surface area contributed by atoms with Crippen molar-refractivity contribution in [1.82, 2.24) is 63.0 Å². The molecule has 2 heterocycles. The van der Waals surface area contributed by atoms with Crippen molar-refractivity contribution in [2.75, 3.05) is 39.3 Å². The maximum atomic E-state index is 14.7. The number of nitrogens with two attached hydrogens (primary N) is 5. The summed E-state index contributed by atoms with van der Waals surface area (Å²) in [5.74, 6) is -14.8. The van der Waals surface area contributed by atoms with Gasteiger partial charge in [-0.3, -0.25) is 72.1 Å². The second-order valence-electron chi connectivity index (χ2n) is 25.2. The fourth-order valence-electron chi connectivity index (χ4n) is 10.5. The molecule has 2 rings (SSSR count). The quantitative estimate of drug-likeness (QED) is 0.0153. The van der Waals surface area contributed by atoms with Gasteiger partial charge in [-0.25, -0.2) is 4.79 Å². The van der Waals surface area contributed by atoms with Gasteiger partial charge in [0, 0.05) is 32.5 Å². The number of guanidine groups is 1. The third kappa shape index (κ3) is 29.0. The highest BCUT2D eigenvalue weighted by molar-refractivity contribution is 6.00. The van der Waals surface area contributed by atoms with Gasteiger partial charge >= 0.3 is 5.97 Å². The first-order valence-electron chi connectivity index (χ1n) is 32.0. The standard InChI is InChI=1S/C59H102N18O19/c1-28(2)22-37(72-53(90)38(23-29(3)4)71-48(85)33(60)27-78)50(87)67-26-45(84)74-46(31(7)79)55(92)70-36(16-18-43(62)82)51(88)73-39(24-30(5)6)56(93)77-21-11-14-41(77)57(94)76-20-10-13-40(76)54(91)69-35(15-17-42(61)81)49(86)66-25-44(83)68-34(12-9-19-65-59(63)64)52(89)75-47(32(8)80)58(95)96/h28-41,46-47,78-80H,9-27,60H2,1-8H3,(H2,61,81)(H2,62,82)(H,66,86)(H,67,87)(H,68,83)(H,69,91)(H,70,92)(H,71,85)(H,72,90)(H,73,88)(H,74,84)(H,75,89)(H,95,96)(H4,63,64,65)/t31-,32-,33+,34+,35+,36+,37+,38+,39+,40+,41+,46+,47+/m1/s1. The molecule has 2 aliphatic heterocycles. The molecular formula is C59H102N18O19. The van der Waals surface area contributed by atoms with Gasteiger partial charge in [-0.15, -0.1) is 0 Å². The van der Waals surface area contributed by atoms with Gasteiger partial charge in [0.05, 0.1) is 31.9 Å². The zero-order valence-electron chi connectivity index (χ0n) is 55.8. The monoisotopic (exact) mass is 1370 g/mol. The number of rotatable bonds is 42. The molecular weight excluding hydrogens is 1260 g/mol. The lowest BCUT2D eigenvalue weighted by Gasteiger charge is -2.34. The summed E-state index contributed by atoms with van der Waals surface area (Å²) in [4.78, 5) is 206. The maximum absolute atomic E-state index is 14.7. The molecule has 2 saturated heterocycles. The number of hydrogen-bond acceptors (Lipinski definition) is 20. The number of amides is 14. The van der Waals surface area contributed by atoms with Crippen LogP contribution in [0, 0.1) is 17.8 Å². The molecule has 0 spiro atoms. The van der Waals surface area contributed by atoms with Crippen molar-refractivity contribution in [3.05, 3.63) is 0 Å². The molecule has 0 saturated carbocycles. The van der Waals surface area contributed by atoms with Crippen LogP contribution in [0.2, 0.25) is 0 Å². The molecule has 0 unspecified atom stereocenters. The van der Waals surface area contributed by atoms with Crippen LogP contribution < -0.4 is 81.8 Å². The normalized spacial score (nSPS) is 17.9. The predicted molar refractivity (Wildman–Crippen MR) is 342 cm³/mol. The Kier molecular flexibility index (Phi) is 35.7. The Morgan fingerprint density at radius 1 is 0.490 bits per heavy atom. The number of likely N-dealkylation sites (tertiary alicyclic amines) is 2. The van der Waals surface area contributed by atoms with Crippen LogP contribution in [0.5, 0.6) is 0 Å². The van der Waals surface area contributed by atoms with Crippen LogP contribution in [0.1, 0.15) is 139 Å². The van der Waals surface area contributed by atoms with E-state index in [9.17, 15) is 92.3 Å². The summed E-state index contributed by atoms with van der Waals surface area (Å²) in [5, 5.41) is 63.6. The largest absolute Gasteiger partial charge is 0.480 e. The minimum Gasteiger partial charge on any atom is -0.480 e. The Balaban J connectivity index is 2.30. The van der Waals surface area contributed by atoms with Crippen molar-refractivity contribution in [3.63, 3.8) is 0 Å². The molecule has 0 aromatic rings. The molecule has 0 aromatic carbocycles. The number of primary amides is 2. The summed E-state index contributed by atoms with van der Waals surface area (Å²) >= 11 is 0. The summed E-state index contributed by atoms with van der Waals surface area (Å²) in [5.41, 5.74) is 27.2. The van der Waals surface area contributed by atoms with Crippen LogP contribution in [0.15, 0.2) is 4.99 Å². The molecule has 13 atom stereocenters. The lowest BCUT2D eigenvalue weighted by molar-refractivity contribution is -0.148. The molecule has 37 heteroatoms. The molecule has 542 valence electrons. The minimum absolute atomic E-state index is 0.00633. The molecule has 0 bridgehead atoms. The van der Waals surface area contributed by atoms with E-state index >= 15 is 0 Å². The molecule has 24 N–H and O–H groups in total. The molecule has 2 aliphatic rings. The Morgan fingerprint density at radius 2 is 0.917 bits per heavy atom. The number of aliphatic hydroxyl groups is 3. The maximum Gasteiger partial charge on any atom is 0.328 e. The number of nitrogens with zero attached hydrogens (tertiary/aromatic N) is 3. The highest BCUT2D eigenvalue weighted by atomic mass is 16.4. The molecule has 96 heavy (non-hydrogen) atoms. The van der Waals surface area contributed by atoms with Crippen molar-refractivity contribution in [2.45, 2.75) is 218 Å². The third-order valence-electron chi connectivity index (χ3n) is 15.4. The van der Waals surface area contributed by atoms with Crippen molar-refractivity contribution in [3.8, 4) is 0 Å². The lowest BCUT2D eigenvalue weighted by Crippen LogP contribution is -2.61. The molecule has 0 aromatic heterocycles. The van der Waals surface area contributed by atoms with Gasteiger partial charge < -0.3 is 112 Å². The van der Waals surface area contributed by atoms with Gasteiger partial charge in [-0.05, 0) is 102 Å². The van der Waals surface area contributed by atoms with E-state index < -0.39 is 206 Å². The van der Waals surface area contributed by atoms with Gasteiger partial charge in [0.15, 0.2) is 12.0 Å². The second-order valence-corrected chi connectivity index (χ2v) is 25.2. The molecule has 37 nitrogen and oxygen atoms in total. The Bertz CT molecular complexity index is 2760. The smallest absolute Gasteiger partial charge is 0.328 e. The fraction of sp³-hybridized carbons (Fsp3) is 0.729. The Morgan fingerprint density at radius 3 is 1.42 bits per heavy atom. The molecule has 0 radical (unpaired) electrons. The first kappa shape index (κ1) is 83.3. The number of carbonyl (C=O) groups excluding carboxylic acids is 14. The van der Waals surface area contributed by atoms with Crippen LogP contribution in [0.25, 0.3) is 0 Å². The average Bonchev–Trinajstić information content (AvgIpc) is 1.66. The molecule has 0 aliphatic carbocycles. The minimum atomic E-state index is -1.80. The first-order valence-corrected chi connectivity index (χ1v) is 32.0. The van der Waals surface area contributed by atoms with Crippen LogP contribution in [-0.4, -0.2) is 243 Å². The van der Waals surface area contributed by atoms with Gasteiger partial charge in [0.25, 0.3) is 0 Å². The number of carboxylic acids is 1. The number of aliphatic carboxylic acids is 1. The third-order valence-corrected chi connectivity index (χ3v) is 15.4. The van der Waals surface area contributed by atoms with Crippen molar-refractivity contribution >= 4 is 94.6 Å². The SMILES string of the molecule is CC(C)C[C@H](NC(=O)[C@H](CC(C)C)NC(=O)[C@@H](N)CO)C(=O)NCC(=O)N[C@H](C(=O)N[C@@H](CCC(N)=O)C(=O)N[C@@H](CC(C)C)C(=O)N1CCC[C@H]1C(=O)N1CCC[C@H]1C(=O)N[C@@H](CCC(N)=O)C(=O)NCC(=O)N[C@@H](CCCN=C(N)N)C(=O)N[C@H](C(=O)O)[C@@H](C)O)[C@@H](C)O. The summed E-state index contributed by atoms with van der Waals surface area (Å²) in [6, 6.07) is -15.6. The number of aliphatic imine (C=N–C) groups is 1. The number of carbonyl (C=O) groups is 15. The van der Waals surface area contributed by atoms with E-state index in [0.717, 1.165) is 13.8 Å². The first-order chi connectivity index (χ1) is 44.9. The van der Waals surface area contributed by atoms with Gasteiger partial charge in [0.1, 0.15) is 60.4 Å². The zero-order chi connectivity index (χ0) is 72.8. The fourth-order valence-corrected chi connectivity index (χ4v) is 10.5. The highest BCUT2D eigenvalue weighted by Crippen LogP contribution is 2.27. The van der Waals surface area contributed by atoms with E-state index in [0.29, 0.717) is 12.8 Å². The van der Waals surface area contributed by atoms with Gasteiger partial charge in [0.2, 0.25) is 82.7 Å². The van der Waals surface area contributed by atoms with Crippen LogP contribution in [0.4, 0.5) is 0 Å². The van der Waals surface area contributed by atoms with E-state index in [1.54, 1.807) is 41.5 Å². The second kappa shape index (κ2) is 41.2. The van der Waals surface area contributed by atoms with Crippen molar-refractivity contribution in [1.29, 1.82) is 0 Å².